The third-order valence-electron chi connectivity index (χ3n) is 2.73. The van der Waals surface area contributed by atoms with Crippen molar-refractivity contribution in [2.24, 2.45) is 5.73 Å². The number of anilines is 3. The van der Waals surface area contributed by atoms with E-state index in [1.54, 1.807) is 0 Å². The Morgan fingerprint density at radius 3 is 2.60 bits per heavy atom. The summed E-state index contributed by atoms with van der Waals surface area (Å²) in [5, 5.41) is 6.43. The maximum absolute atomic E-state index is 5.48. The summed E-state index contributed by atoms with van der Waals surface area (Å²) in [6, 6.07) is 7.97. The summed E-state index contributed by atoms with van der Waals surface area (Å²) in [4.78, 5) is 8.70. The van der Waals surface area contributed by atoms with Crippen LogP contribution in [0.15, 0.2) is 28.7 Å². The molecule has 5 nitrogen and oxygen atoms in total. The predicted octanol–water partition coefficient (Wildman–Crippen LogP) is 2.97. The molecule has 1 aromatic heterocycles. The fourth-order valence-electron chi connectivity index (χ4n) is 1.74. The third kappa shape index (κ3) is 3.91. The van der Waals surface area contributed by atoms with Crippen LogP contribution in [0, 0.1) is 13.8 Å². The fraction of sp³-hybridized carbons (Fsp3) is 0.286. The molecule has 106 valence electrons. The van der Waals surface area contributed by atoms with Gasteiger partial charge in [0.25, 0.3) is 0 Å². The molecule has 0 bridgehead atoms. The van der Waals surface area contributed by atoms with E-state index in [0.29, 0.717) is 18.9 Å². The van der Waals surface area contributed by atoms with Crippen LogP contribution in [-0.2, 0) is 0 Å². The highest BCUT2D eigenvalue weighted by Crippen LogP contribution is 2.23. The number of nitrogens with one attached hydrogen (secondary N) is 2. The summed E-state index contributed by atoms with van der Waals surface area (Å²) < 4.78 is 1.06. The normalized spacial score (nSPS) is 10.4. The largest absolute Gasteiger partial charge is 0.369 e. The Morgan fingerprint density at radius 2 is 1.90 bits per heavy atom. The summed E-state index contributed by atoms with van der Waals surface area (Å²) >= 11 is 3.52. The monoisotopic (exact) mass is 335 g/mol. The summed E-state index contributed by atoms with van der Waals surface area (Å²) in [5.74, 6) is 2.24. The van der Waals surface area contributed by atoms with Gasteiger partial charge in [-0.25, -0.2) is 9.97 Å². The molecular weight excluding hydrogens is 318 g/mol. The second-order valence-electron chi connectivity index (χ2n) is 4.49. The van der Waals surface area contributed by atoms with E-state index in [1.165, 1.54) is 5.56 Å². The van der Waals surface area contributed by atoms with Crippen molar-refractivity contribution in [1.29, 1.82) is 0 Å². The van der Waals surface area contributed by atoms with E-state index in [-0.39, 0.29) is 0 Å². The van der Waals surface area contributed by atoms with Gasteiger partial charge in [-0.2, -0.15) is 0 Å². The maximum Gasteiger partial charge on any atom is 0.136 e. The second-order valence-corrected chi connectivity index (χ2v) is 5.34. The highest BCUT2D eigenvalue weighted by atomic mass is 79.9. The van der Waals surface area contributed by atoms with Crippen molar-refractivity contribution in [3.63, 3.8) is 0 Å². The molecule has 0 amide bonds. The van der Waals surface area contributed by atoms with E-state index in [4.69, 9.17) is 5.73 Å². The van der Waals surface area contributed by atoms with Crippen molar-refractivity contribution in [2.75, 3.05) is 23.7 Å². The number of nitrogens with zero attached hydrogens (tertiary/aromatic N) is 2. The molecule has 0 saturated carbocycles. The van der Waals surface area contributed by atoms with E-state index >= 15 is 0 Å². The molecule has 4 N–H and O–H groups in total. The van der Waals surface area contributed by atoms with Gasteiger partial charge in [-0.05, 0) is 31.5 Å². The Morgan fingerprint density at radius 1 is 1.15 bits per heavy atom. The van der Waals surface area contributed by atoms with Crippen molar-refractivity contribution in [3.8, 4) is 0 Å². The molecule has 2 aromatic rings. The van der Waals surface area contributed by atoms with Gasteiger partial charge in [-0.3, -0.25) is 0 Å². The average Bonchev–Trinajstić information content (AvgIpc) is 2.40. The van der Waals surface area contributed by atoms with E-state index in [9.17, 15) is 0 Å². The summed E-state index contributed by atoms with van der Waals surface area (Å²) in [6.45, 7) is 5.17. The van der Waals surface area contributed by atoms with Crippen LogP contribution in [0.4, 0.5) is 17.3 Å². The molecular formula is C14H18BrN5. The van der Waals surface area contributed by atoms with Crippen molar-refractivity contribution in [1.82, 2.24) is 9.97 Å². The summed E-state index contributed by atoms with van der Waals surface area (Å²) in [5.41, 5.74) is 7.65. The number of rotatable bonds is 5. The lowest BCUT2D eigenvalue weighted by molar-refractivity contribution is 0.987. The molecule has 0 aliphatic carbocycles. The van der Waals surface area contributed by atoms with Crippen LogP contribution < -0.4 is 16.4 Å². The zero-order valence-electron chi connectivity index (χ0n) is 11.6. The lowest BCUT2D eigenvalue weighted by atomic mass is 10.2. The molecule has 0 aliphatic heterocycles. The molecule has 0 radical (unpaired) electrons. The first-order valence-corrected chi connectivity index (χ1v) is 7.20. The number of hydrogen-bond donors (Lipinski definition) is 3. The number of hydrogen-bond acceptors (Lipinski definition) is 5. The SMILES string of the molecule is Cc1nc(NCCN)cc(Nc2ccc(C)c(Br)c2)n1. The Labute approximate surface area is 127 Å². The molecule has 2 rings (SSSR count). The number of benzene rings is 1. The minimum atomic E-state index is 0.566. The number of aromatic nitrogens is 2. The lowest BCUT2D eigenvalue weighted by Crippen LogP contribution is -2.14. The van der Waals surface area contributed by atoms with E-state index in [2.05, 4.69) is 43.5 Å². The first-order chi connectivity index (χ1) is 9.58. The quantitative estimate of drug-likeness (QED) is 0.783. The van der Waals surface area contributed by atoms with Crippen LogP contribution in [0.3, 0.4) is 0 Å². The van der Waals surface area contributed by atoms with Crippen molar-refractivity contribution < 1.29 is 0 Å². The molecule has 0 atom stereocenters. The summed E-state index contributed by atoms with van der Waals surface area (Å²) in [6.07, 6.45) is 0. The van der Waals surface area contributed by atoms with Crippen molar-refractivity contribution >= 4 is 33.3 Å². The first-order valence-electron chi connectivity index (χ1n) is 6.41. The highest BCUT2D eigenvalue weighted by Gasteiger charge is 2.03. The van der Waals surface area contributed by atoms with Crippen molar-refractivity contribution in [3.05, 3.63) is 40.1 Å². The smallest absolute Gasteiger partial charge is 0.136 e. The fourth-order valence-corrected chi connectivity index (χ4v) is 2.12. The molecule has 0 aliphatic rings. The zero-order valence-corrected chi connectivity index (χ0v) is 13.2. The zero-order chi connectivity index (χ0) is 14.5. The second kappa shape index (κ2) is 6.67. The molecule has 0 unspecified atom stereocenters. The van der Waals surface area contributed by atoms with Gasteiger partial charge in [0.05, 0.1) is 0 Å². The molecule has 6 heteroatoms. The van der Waals surface area contributed by atoms with Gasteiger partial charge in [0, 0.05) is 29.3 Å². The molecule has 0 saturated heterocycles. The summed E-state index contributed by atoms with van der Waals surface area (Å²) in [7, 11) is 0. The predicted molar refractivity (Wildman–Crippen MR) is 86.5 cm³/mol. The van der Waals surface area contributed by atoms with Crippen LogP contribution in [0.1, 0.15) is 11.4 Å². The van der Waals surface area contributed by atoms with Gasteiger partial charge in [-0.1, -0.05) is 22.0 Å². The average molecular weight is 336 g/mol. The standard InChI is InChI=1S/C14H18BrN5/c1-9-3-4-11(7-12(9)15)20-14-8-13(17-6-5-16)18-10(2)19-14/h3-4,7-8H,5-6,16H2,1-2H3,(H2,17,18,19,20). The molecule has 20 heavy (non-hydrogen) atoms. The highest BCUT2D eigenvalue weighted by molar-refractivity contribution is 9.10. The van der Waals surface area contributed by atoms with Crippen molar-refractivity contribution in [2.45, 2.75) is 13.8 Å². The van der Waals surface area contributed by atoms with E-state index in [1.807, 2.05) is 31.2 Å². The van der Waals surface area contributed by atoms with Crippen LogP contribution in [0.2, 0.25) is 0 Å². The van der Waals surface area contributed by atoms with Crippen LogP contribution in [0.25, 0.3) is 0 Å². The Bertz CT molecular complexity index is 600. The molecule has 1 aromatic carbocycles. The third-order valence-corrected chi connectivity index (χ3v) is 3.59. The van der Waals surface area contributed by atoms with Gasteiger partial charge in [0.1, 0.15) is 17.5 Å². The van der Waals surface area contributed by atoms with Crippen LogP contribution in [-0.4, -0.2) is 23.1 Å². The van der Waals surface area contributed by atoms with Crippen LogP contribution >= 0.6 is 15.9 Å². The number of halogens is 1. The van der Waals surface area contributed by atoms with Gasteiger partial charge in [-0.15, -0.1) is 0 Å². The lowest BCUT2D eigenvalue weighted by Gasteiger charge is -2.10. The molecule has 0 fully saturated rings. The topological polar surface area (TPSA) is 75.9 Å². The number of nitrogens with two attached hydrogens (primary N) is 1. The van der Waals surface area contributed by atoms with Gasteiger partial charge >= 0.3 is 0 Å². The minimum absolute atomic E-state index is 0.566. The molecule has 0 spiro atoms. The first kappa shape index (κ1) is 14.7. The Hall–Kier alpha value is -1.66. The number of aryl methyl sites for hydroxylation is 2. The van der Waals surface area contributed by atoms with Gasteiger partial charge in [0.2, 0.25) is 0 Å². The van der Waals surface area contributed by atoms with Gasteiger partial charge < -0.3 is 16.4 Å². The van der Waals surface area contributed by atoms with Crippen LogP contribution in [0.5, 0.6) is 0 Å². The van der Waals surface area contributed by atoms with E-state index < -0.39 is 0 Å². The van der Waals surface area contributed by atoms with E-state index in [0.717, 1.165) is 21.8 Å². The minimum Gasteiger partial charge on any atom is -0.369 e. The Balaban J connectivity index is 2.19. The maximum atomic E-state index is 5.48. The van der Waals surface area contributed by atoms with Gasteiger partial charge in [0.15, 0.2) is 0 Å². The molecule has 1 heterocycles. The Kier molecular flexibility index (Phi) is 4.92.